The van der Waals surface area contributed by atoms with E-state index in [1.165, 1.54) is 13.2 Å². The lowest BCUT2D eigenvalue weighted by molar-refractivity contribution is -0.00450. The van der Waals surface area contributed by atoms with Gasteiger partial charge in [-0.05, 0) is 36.4 Å². The van der Waals surface area contributed by atoms with E-state index in [9.17, 15) is 17.6 Å². The van der Waals surface area contributed by atoms with Gasteiger partial charge in [0.2, 0.25) is 0 Å². The molecule has 6 N–H and O–H groups in total. The van der Waals surface area contributed by atoms with Gasteiger partial charge in [0.1, 0.15) is 17.6 Å². The van der Waals surface area contributed by atoms with Crippen molar-refractivity contribution in [2.24, 2.45) is 4.99 Å². The second-order valence-corrected chi connectivity index (χ2v) is 9.11. The summed E-state index contributed by atoms with van der Waals surface area (Å²) in [5.74, 6) is -5.43. The van der Waals surface area contributed by atoms with Crippen molar-refractivity contribution in [3.8, 4) is 17.6 Å². The van der Waals surface area contributed by atoms with Crippen LogP contribution in [0.4, 0.5) is 40.4 Å². The van der Waals surface area contributed by atoms with Crippen molar-refractivity contribution in [1.82, 2.24) is 9.97 Å². The van der Waals surface area contributed by atoms with E-state index in [1.54, 1.807) is 73.8 Å². The topological polar surface area (TPSA) is 158 Å². The highest BCUT2D eigenvalue weighted by Crippen LogP contribution is 2.35. The van der Waals surface area contributed by atoms with Gasteiger partial charge in [-0.2, -0.15) is 22.8 Å². The lowest BCUT2D eigenvalue weighted by Crippen LogP contribution is -2.26. The lowest BCUT2D eigenvalue weighted by atomic mass is 10.1. The number of hydrogen-bond acceptors (Lipinski definition) is 9. The Labute approximate surface area is 273 Å². The second-order valence-electron chi connectivity index (χ2n) is 9.11. The van der Waals surface area contributed by atoms with E-state index in [-0.39, 0.29) is 20.7 Å². The summed E-state index contributed by atoms with van der Waals surface area (Å²) >= 11 is 0. The van der Waals surface area contributed by atoms with Gasteiger partial charge in [-0.1, -0.05) is 45.2 Å². The van der Waals surface area contributed by atoms with Gasteiger partial charge in [0.25, 0.3) is 5.92 Å². The Balaban J connectivity index is 0.000000690. The van der Waals surface area contributed by atoms with Crippen LogP contribution in [0.5, 0.6) is 11.5 Å². The summed E-state index contributed by atoms with van der Waals surface area (Å²) in [5.41, 5.74) is 17.4. The van der Waals surface area contributed by atoms with E-state index in [1.807, 2.05) is 0 Å². The second kappa shape index (κ2) is 19.0. The third kappa shape index (κ3) is 12.0. The first-order valence-electron chi connectivity index (χ1n) is 13.1. The minimum Gasteiger partial charge on any atom is -0.497 e. The Morgan fingerprint density at radius 2 is 1.40 bits per heavy atom. The van der Waals surface area contributed by atoms with Gasteiger partial charge >= 0.3 is 5.92 Å². The largest absolute Gasteiger partial charge is 0.497 e. The monoisotopic (exact) mass is 655 g/mol. The molecule has 4 rings (SSSR count). The summed E-state index contributed by atoms with van der Waals surface area (Å²) in [7, 11) is 3.09. The van der Waals surface area contributed by atoms with Crippen LogP contribution < -0.4 is 26.7 Å². The molecule has 252 valence electrons. The van der Waals surface area contributed by atoms with Crippen molar-refractivity contribution in [2.45, 2.75) is 39.5 Å². The molecule has 4 aromatic rings. The van der Waals surface area contributed by atoms with Crippen LogP contribution in [-0.2, 0) is 5.92 Å². The first kappa shape index (κ1) is 41.4. The van der Waals surface area contributed by atoms with Gasteiger partial charge < -0.3 is 26.7 Å². The number of aromatic nitrogens is 2. The quantitative estimate of drug-likeness (QED) is 0.0700. The number of allylic oxidation sites excluding steroid dienone is 2. The van der Waals surface area contributed by atoms with E-state index in [0.29, 0.717) is 33.8 Å². The molecule has 0 radical (unpaired) electrons. The fourth-order valence-electron chi connectivity index (χ4n) is 3.50. The van der Waals surface area contributed by atoms with Gasteiger partial charge in [0, 0.05) is 25.0 Å². The van der Waals surface area contributed by atoms with E-state index in [4.69, 9.17) is 31.9 Å². The fraction of sp³-hybridized carbons (Fsp3) is 0.235. The number of ether oxygens (including phenoxy) is 2. The maximum Gasteiger partial charge on any atom is 0.302 e. The molecule has 0 bridgehead atoms. The summed E-state index contributed by atoms with van der Waals surface area (Å²) < 4.78 is 64.3. The van der Waals surface area contributed by atoms with Crippen molar-refractivity contribution in [3.63, 3.8) is 0 Å². The van der Waals surface area contributed by atoms with E-state index in [0.717, 1.165) is 17.9 Å². The molecule has 0 fully saturated rings. The normalized spacial score (nSPS) is 10.7. The zero-order valence-electron chi connectivity index (χ0n) is 24.7. The Hall–Kier alpha value is -5.64. The van der Waals surface area contributed by atoms with Crippen LogP contribution in [0, 0.1) is 11.3 Å². The summed E-state index contributed by atoms with van der Waals surface area (Å²) in [6, 6.07) is 19.6. The van der Waals surface area contributed by atoms with Crippen molar-refractivity contribution in [3.05, 3.63) is 97.7 Å². The number of nitrogens with zero attached hydrogens (tertiary/aromatic N) is 4. The zero-order chi connectivity index (χ0) is 33.6. The maximum absolute atomic E-state index is 13.8. The third-order valence-electron chi connectivity index (χ3n) is 5.79. The number of nitrogen functional groups attached to an aromatic ring is 3. The molecule has 0 amide bonds. The molecule has 0 saturated heterocycles. The Morgan fingerprint density at radius 3 is 1.94 bits per heavy atom. The van der Waals surface area contributed by atoms with E-state index >= 15 is 0 Å². The van der Waals surface area contributed by atoms with Gasteiger partial charge in [-0.3, -0.25) is 0 Å². The maximum atomic E-state index is 13.8. The molecular formula is C34H41F4N7O2. The molecule has 0 aliphatic rings. The Kier molecular flexibility index (Phi) is 16.7. The van der Waals surface area contributed by atoms with Crippen molar-refractivity contribution < 1.29 is 27.0 Å². The third-order valence-corrected chi connectivity index (χ3v) is 5.79. The lowest BCUT2D eigenvalue weighted by Gasteiger charge is -2.15. The van der Waals surface area contributed by atoms with Crippen LogP contribution in [-0.4, -0.2) is 35.8 Å². The molecular weight excluding hydrogens is 614 g/mol. The average Bonchev–Trinajstić information content (AvgIpc) is 3.01. The molecule has 0 atom stereocenters. The van der Waals surface area contributed by atoms with Crippen LogP contribution in [0.2, 0.25) is 0 Å². The number of aliphatic imine (C=N–C) groups is 1. The van der Waals surface area contributed by atoms with Gasteiger partial charge in [-0.25, -0.2) is 15.0 Å². The summed E-state index contributed by atoms with van der Waals surface area (Å²) in [5, 5.41) is 8.65. The fourth-order valence-corrected chi connectivity index (χ4v) is 3.50. The summed E-state index contributed by atoms with van der Waals surface area (Å²) in [6.07, 6.45) is 1.07. The molecule has 0 spiro atoms. The summed E-state index contributed by atoms with van der Waals surface area (Å²) in [6.45, 7) is 6.53. The van der Waals surface area contributed by atoms with Crippen LogP contribution in [0.15, 0.2) is 97.0 Å². The molecule has 9 nitrogen and oxygen atoms in total. The standard InChI is InChI=1S/C13H13F2N3O.C12H10F2N2.C7H10N2O.2CH4/c1-3-6-13(14,15)11-12(16)18-10-7-8(19-2)4-5-9(10)17-11;1-2-8-12(13,14)11(9-15)16-10-6-4-3-5-7-10;1-10-5-2-3-6(8)7(9)4-5;;/h3-5,7H,1,6H2,2H3,(H2,16,18);2-7H,1,8H2;2-4H,8-9H2,1H3;2*1H4. The number of anilines is 3. The first-order valence-corrected chi connectivity index (χ1v) is 13.1. The SMILES string of the molecule is C.C.C=CCC(F)(F)C(C#N)=Nc1ccccc1.C=CCC(F)(F)c1nc2ccc(OC)cc2nc1N.COc1ccc(N)c(N)c1. The van der Waals surface area contributed by atoms with Crippen molar-refractivity contribution in [2.75, 3.05) is 31.4 Å². The minimum absolute atomic E-state index is 0. The smallest absolute Gasteiger partial charge is 0.302 e. The highest BCUT2D eigenvalue weighted by molar-refractivity contribution is 6.05. The number of nitrogens with two attached hydrogens (primary N) is 3. The number of para-hydroxylation sites is 1. The predicted octanol–water partition coefficient (Wildman–Crippen LogP) is 8.51. The number of fused-ring (bicyclic) bond motifs is 1. The number of hydrogen-bond donors (Lipinski definition) is 3. The molecule has 1 heterocycles. The highest BCUT2D eigenvalue weighted by atomic mass is 19.3. The molecule has 3 aromatic carbocycles. The van der Waals surface area contributed by atoms with Crippen LogP contribution >= 0.6 is 0 Å². The van der Waals surface area contributed by atoms with Crippen LogP contribution in [0.3, 0.4) is 0 Å². The first-order chi connectivity index (χ1) is 21.3. The summed E-state index contributed by atoms with van der Waals surface area (Å²) in [4.78, 5) is 11.5. The average molecular weight is 656 g/mol. The molecule has 1 aromatic heterocycles. The number of rotatable bonds is 9. The zero-order valence-corrected chi connectivity index (χ0v) is 24.7. The number of benzene rings is 3. The van der Waals surface area contributed by atoms with Crippen molar-refractivity contribution in [1.29, 1.82) is 5.26 Å². The number of nitriles is 1. The molecule has 0 saturated carbocycles. The van der Waals surface area contributed by atoms with Gasteiger partial charge in [0.05, 0.1) is 42.3 Å². The molecule has 0 unspecified atom stereocenters. The molecule has 0 aliphatic carbocycles. The Morgan fingerprint density at radius 1 is 0.830 bits per heavy atom. The van der Waals surface area contributed by atoms with Crippen LogP contribution in [0.25, 0.3) is 11.0 Å². The van der Waals surface area contributed by atoms with Crippen LogP contribution in [0.1, 0.15) is 33.4 Å². The van der Waals surface area contributed by atoms with Gasteiger partial charge in [-0.15, -0.1) is 13.2 Å². The Bertz CT molecular complexity index is 1670. The van der Waals surface area contributed by atoms with E-state index < -0.39 is 36.1 Å². The predicted molar refractivity (Wildman–Crippen MR) is 183 cm³/mol. The van der Waals surface area contributed by atoms with Crippen molar-refractivity contribution >= 4 is 39.6 Å². The number of halogens is 4. The highest BCUT2D eigenvalue weighted by Gasteiger charge is 2.35. The van der Waals surface area contributed by atoms with E-state index in [2.05, 4.69) is 28.1 Å². The number of alkyl halides is 4. The minimum atomic E-state index is -3.26. The molecule has 13 heteroatoms. The van der Waals surface area contributed by atoms with Gasteiger partial charge in [0.15, 0.2) is 17.2 Å². The number of methoxy groups -OCH3 is 2. The molecule has 0 aliphatic heterocycles. The molecule has 47 heavy (non-hydrogen) atoms.